The van der Waals surface area contributed by atoms with Crippen LogP contribution in [0.25, 0.3) is 0 Å². The van der Waals surface area contributed by atoms with Crippen LogP contribution in [0.1, 0.15) is 10.4 Å². The van der Waals surface area contributed by atoms with Crippen LogP contribution >= 0.6 is 10.7 Å². The third-order valence-corrected chi connectivity index (χ3v) is 4.20. The van der Waals surface area contributed by atoms with Gasteiger partial charge in [0.15, 0.2) is 0 Å². The molecule has 1 atom stereocenters. The summed E-state index contributed by atoms with van der Waals surface area (Å²) >= 11 is 0. The van der Waals surface area contributed by atoms with Gasteiger partial charge in [-0.15, -0.1) is 0 Å². The molecule has 0 fully saturated rings. The van der Waals surface area contributed by atoms with Gasteiger partial charge in [-0.1, -0.05) is 0 Å². The van der Waals surface area contributed by atoms with Crippen LogP contribution in [-0.2, 0) is 19.9 Å². The third-order valence-electron chi connectivity index (χ3n) is 2.09. The van der Waals surface area contributed by atoms with E-state index in [9.17, 15) is 21.8 Å². The SMILES string of the molecule is CS(=O)CCNC(=O)c1cc(F)cc(S(=O)(=O)Cl)c1. The average molecular weight is 328 g/mol. The fraction of sp³-hybridized carbons (Fsp3) is 0.300. The topological polar surface area (TPSA) is 80.3 Å². The minimum absolute atomic E-state index is 0.140. The number of carbonyl (C=O) groups is 1. The predicted molar refractivity (Wildman–Crippen MR) is 70.7 cm³/mol. The van der Waals surface area contributed by atoms with Crippen molar-refractivity contribution in [1.82, 2.24) is 5.32 Å². The minimum Gasteiger partial charge on any atom is -0.351 e. The molecule has 0 saturated carbocycles. The summed E-state index contributed by atoms with van der Waals surface area (Å²) in [7, 11) is -0.0920. The van der Waals surface area contributed by atoms with E-state index in [0.29, 0.717) is 0 Å². The molecule has 0 spiro atoms. The standard InChI is InChI=1S/C10H11ClFNO4S2/c1-18(15)3-2-13-10(14)7-4-8(12)6-9(5-7)19(11,16)17/h4-6H,2-3H2,1H3,(H,13,14). The summed E-state index contributed by atoms with van der Waals surface area (Å²) in [5.74, 6) is -1.29. The van der Waals surface area contributed by atoms with Crippen molar-refractivity contribution in [3.63, 3.8) is 0 Å². The van der Waals surface area contributed by atoms with Gasteiger partial charge in [-0.3, -0.25) is 9.00 Å². The quantitative estimate of drug-likeness (QED) is 0.813. The van der Waals surface area contributed by atoms with Gasteiger partial charge in [0.1, 0.15) is 5.82 Å². The van der Waals surface area contributed by atoms with Gasteiger partial charge in [0.2, 0.25) is 0 Å². The molecule has 106 valence electrons. The van der Waals surface area contributed by atoms with E-state index in [1.165, 1.54) is 6.26 Å². The van der Waals surface area contributed by atoms with Crippen LogP contribution < -0.4 is 5.32 Å². The number of hydrogen-bond acceptors (Lipinski definition) is 4. The largest absolute Gasteiger partial charge is 0.351 e. The van der Waals surface area contributed by atoms with Crippen LogP contribution in [0.2, 0.25) is 0 Å². The maximum atomic E-state index is 13.2. The lowest BCUT2D eigenvalue weighted by molar-refractivity contribution is 0.0955. The second-order valence-electron chi connectivity index (χ2n) is 3.65. The van der Waals surface area contributed by atoms with E-state index in [-0.39, 0.29) is 17.9 Å². The molecule has 0 aliphatic carbocycles. The van der Waals surface area contributed by atoms with E-state index >= 15 is 0 Å². The molecule has 1 aromatic carbocycles. The van der Waals surface area contributed by atoms with Gasteiger partial charge in [0, 0.05) is 45.6 Å². The maximum absolute atomic E-state index is 13.2. The summed E-state index contributed by atoms with van der Waals surface area (Å²) in [4.78, 5) is 11.2. The fourth-order valence-corrected chi connectivity index (χ4v) is 2.42. The lowest BCUT2D eigenvalue weighted by Gasteiger charge is -2.05. The van der Waals surface area contributed by atoms with Crippen LogP contribution in [0.5, 0.6) is 0 Å². The van der Waals surface area contributed by atoms with Gasteiger partial charge in [0.25, 0.3) is 15.0 Å². The van der Waals surface area contributed by atoms with Crippen molar-refractivity contribution in [2.75, 3.05) is 18.6 Å². The van der Waals surface area contributed by atoms with Crippen LogP contribution in [0.15, 0.2) is 23.1 Å². The van der Waals surface area contributed by atoms with E-state index in [1.54, 1.807) is 0 Å². The molecule has 0 radical (unpaired) electrons. The number of rotatable bonds is 5. The predicted octanol–water partition coefficient (Wildman–Crippen LogP) is 0.862. The van der Waals surface area contributed by atoms with Gasteiger partial charge in [0.05, 0.1) is 4.90 Å². The number of nitrogens with one attached hydrogen (secondary N) is 1. The van der Waals surface area contributed by atoms with E-state index in [2.05, 4.69) is 5.32 Å². The summed E-state index contributed by atoms with van der Waals surface area (Å²) in [6.45, 7) is 0.140. The highest BCUT2D eigenvalue weighted by Gasteiger charge is 2.15. The Morgan fingerprint density at radius 3 is 2.58 bits per heavy atom. The first kappa shape index (κ1) is 16.1. The van der Waals surface area contributed by atoms with Crippen molar-refractivity contribution in [2.45, 2.75) is 4.90 Å². The first-order valence-corrected chi connectivity index (χ1v) is 9.07. The van der Waals surface area contributed by atoms with E-state index < -0.39 is 36.5 Å². The number of hydrogen-bond donors (Lipinski definition) is 1. The molecule has 1 amide bonds. The fourth-order valence-electron chi connectivity index (χ4n) is 1.24. The zero-order valence-electron chi connectivity index (χ0n) is 9.85. The van der Waals surface area contributed by atoms with Crippen molar-refractivity contribution in [1.29, 1.82) is 0 Å². The molecule has 9 heteroatoms. The molecule has 1 N–H and O–H groups in total. The number of benzene rings is 1. The van der Waals surface area contributed by atoms with Crippen LogP contribution in [0.3, 0.4) is 0 Å². The van der Waals surface area contributed by atoms with Crippen molar-refractivity contribution in [3.05, 3.63) is 29.6 Å². The summed E-state index contributed by atoms with van der Waals surface area (Å²) in [5, 5.41) is 2.40. The third kappa shape index (κ3) is 5.25. The zero-order valence-corrected chi connectivity index (χ0v) is 12.2. The molecule has 5 nitrogen and oxygen atoms in total. The first-order chi connectivity index (χ1) is 8.70. The molecule has 0 saturated heterocycles. The lowest BCUT2D eigenvalue weighted by atomic mass is 10.2. The Morgan fingerprint density at radius 1 is 1.42 bits per heavy atom. The Morgan fingerprint density at radius 2 is 2.05 bits per heavy atom. The van der Waals surface area contributed by atoms with Gasteiger partial charge in [-0.05, 0) is 18.2 Å². The lowest BCUT2D eigenvalue weighted by Crippen LogP contribution is -2.27. The molecule has 1 unspecified atom stereocenters. The minimum atomic E-state index is -4.11. The smallest absolute Gasteiger partial charge is 0.261 e. The van der Waals surface area contributed by atoms with E-state index in [4.69, 9.17) is 10.7 Å². The summed E-state index contributed by atoms with van der Waals surface area (Å²) in [6.07, 6.45) is 1.48. The summed E-state index contributed by atoms with van der Waals surface area (Å²) in [5.41, 5.74) is -0.166. The number of halogens is 2. The van der Waals surface area contributed by atoms with Gasteiger partial charge < -0.3 is 5.32 Å². The van der Waals surface area contributed by atoms with Gasteiger partial charge in [-0.2, -0.15) is 0 Å². The molecule has 0 heterocycles. The second kappa shape index (κ2) is 6.44. The maximum Gasteiger partial charge on any atom is 0.261 e. The van der Waals surface area contributed by atoms with Crippen LogP contribution in [0, 0.1) is 5.82 Å². The van der Waals surface area contributed by atoms with Crippen LogP contribution in [0.4, 0.5) is 4.39 Å². The van der Waals surface area contributed by atoms with E-state index in [0.717, 1.165) is 18.2 Å². The first-order valence-electron chi connectivity index (χ1n) is 5.03. The molecule has 0 aromatic heterocycles. The Labute approximate surface area is 117 Å². The summed E-state index contributed by atoms with van der Waals surface area (Å²) in [6, 6.07) is 2.59. The number of amides is 1. The highest BCUT2D eigenvalue weighted by atomic mass is 35.7. The second-order valence-corrected chi connectivity index (χ2v) is 7.77. The van der Waals surface area contributed by atoms with Gasteiger partial charge >= 0.3 is 0 Å². The molecule has 1 aromatic rings. The molecular formula is C10H11ClFNO4S2. The Balaban J connectivity index is 2.92. The van der Waals surface area contributed by atoms with Crippen molar-refractivity contribution >= 4 is 36.4 Å². The van der Waals surface area contributed by atoms with Crippen molar-refractivity contribution in [2.24, 2.45) is 0 Å². The molecular weight excluding hydrogens is 317 g/mol. The molecule has 19 heavy (non-hydrogen) atoms. The number of carbonyl (C=O) groups excluding carboxylic acids is 1. The zero-order chi connectivity index (χ0) is 14.6. The molecule has 0 aliphatic heterocycles. The highest BCUT2D eigenvalue weighted by molar-refractivity contribution is 8.13. The van der Waals surface area contributed by atoms with Crippen LogP contribution in [-0.4, -0.2) is 37.1 Å². The summed E-state index contributed by atoms with van der Waals surface area (Å²) < 4.78 is 46.2. The molecule has 0 aliphatic rings. The Hall–Kier alpha value is -0.990. The monoisotopic (exact) mass is 327 g/mol. The molecule has 0 bridgehead atoms. The average Bonchev–Trinajstić information content (AvgIpc) is 2.26. The Kier molecular flexibility index (Phi) is 5.45. The van der Waals surface area contributed by atoms with Gasteiger partial charge in [-0.25, -0.2) is 12.8 Å². The Bertz CT molecular complexity index is 618. The van der Waals surface area contributed by atoms with Crippen molar-refractivity contribution < 1.29 is 21.8 Å². The molecule has 1 rings (SSSR count). The highest BCUT2D eigenvalue weighted by Crippen LogP contribution is 2.18. The van der Waals surface area contributed by atoms with Crippen molar-refractivity contribution in [3.8, 4) is 0 Å². The van der Waals surface area contributed by atoms with E-state index in [1.807, 2.05) is 0 Å². The normalized spacial score (nSPS) is 13.0.